The fourth-order valence-electron chi connectivity index (χ4n) is 4.64. The molecule has 1 aliphatic rings. The average Bonchev–Trinajstić information content (AvgIpc) is 3.14. The van der Waals surface area contributed by atoms with Gasteiger partial charge in [-0.2, -0.15) is 13.2 Å². The van der Waals surface area contributed by atoms with Crippen molar-refractivity contribution in [2.24, 2.45) is 5.92 Å². The fraction of sp³-hybridized carbons (Fsp3) is 0.458. The number of rotatable bonds is 5. The molecule has 0 radical (unpaired) electrons. The van der Waals surface area contributed by atoms with Crippen molar-refractivity contribution in [2.75, 3.05) is 0 Å². The van der Waals surface area contributed by atoms with Crippen LogP contribution in [0.15, 0.2) is 42.5 Å². The molecule has 4 nitrogen and oxygen atoms in total. The second kappa shape index (κ2) is 8.68. The number of benzene rings is 1. The van der Waals surface area contributed by atoms with Crippen LogP contribution in [0.4, 0.5) is 22.0 Å². The first-order chi connectivity index (χ1) is 15.5. The monoisotopic (exact) mass is 468 g/mol. The first-order valence-corrected chi connectivity index (χ1v) is 10.8. The zero-order valence-electron chi connectivity index (χ0n) is 18.0. The molecule has 1 aliphatic carbocycles. The molecule has 0 amide bonds. The number of aliphatic hydroxyl groups is 2. The molecule has 2 unspecified atom stereocenters. The van der Waals surface area contributed by atoms with E-state index >= 15 is 0 Å². The quantitative estimate of drug-likeness (QED) is 0.466. The number of halogens is 5. The third-order valence-corrected chi connectivity index (χ3v) is 6.39. The van der Waals surface area contributed by atoms with Gasteiger partial charge in [0.1, 0.15) is 17.9 Å². The van der Waals surface area contributed by atoms with Gasteiger partial charge in [-0.05, 0) is 55.4 Å². The van der Waals surface area contributed by atoms with Crippen molar-refractivity contribution in [3.8, 4) is 0 Å². The molecule has 2 heterocycles. The van der Waals surface area contributed by atoms with Gasteiger partial charge >= 0.3 is 6.18 Å². The van der Waals surface area contributed by atoms with E-state index in [1.807, 2.05) is 0 Å². The lowest BCUT2D eigenvalue weighted by Crippen LogP contribution is -2.26. The lowest BCUT2D eigenvalue weighted by atomic mass is 9.83. The number of aliphatic hydroxyl groups excluding tert-OH is 2. The first-order valence-electron chi connectivity index (χ1n) is 10.8. The predicted octanol–water partition coefficient (Wildman–Crippen LogP) is 5.80. The average molecular weight is 468 g/mol. The van der Waals surface area contributed by atoms with Crippen LogP contribution in [0.1, 0.15) is 66.1 Å². The zero-order valence-corrected chi connectivity index (χ0v) is 18.0. The van der Waals surface area contributed by atoms with E-state index in [2.05, 4.69) is 4.98 Å². The number of alkyl halides is 5. The summed E-state index contributed by atoms with van der Waals surface area (Å²) in [6.07, 6.45) is -7.73. The van der Waals surface area contributed by atoms with Crippen LogP contribution in [0.2, 0.25) is 0 Å². The van der Waals surface area contributed by atoms with Crippen LogP contribution in [0.5, 0.6) is 0 Å². The summed E-state index contributed by atoms with van der Waals surface area (Å²) in [6.45, 7) is 1.60. The van der Waals surface area contributed by atoms with Crippen LogP contribution in [-0.2, 0) is 12.6 Å². The SMILES string of the molecule is Cc1cc(C(O)C(O)c2ccccc2)cc2nc(C(F)(F)F)c(CC3CCC(F)(F)CC3)n12. The smallest absolute Gasteiger partial charge is 0.385 e. The Balaban J connectivity index is 1.71. The Morgan fingerprint density at radius 1 is 1.03 bits per heavy atom. The maximum absolute atomic E-state index is 13.8. The minimum absolute atomic E-state index is 0.00669. The lowest BCUT2D eigenvalue weighted by Gasteiger charge is -2.28. The molecule has 2 aromatic heterocycles. The second-order valence-corrected chi connectivity index (χ2v) is 8.83. The molecule has 1 fully saturated rings. The number of hydrogen-bond acceptors (Lipinski definition) is 3. The van der Waals surface area contributed by atoms with Gasteiger partial charge in [-0.1, -0.05) is 30.3 Å². The summed E-state index contributed by atoms with van der Waals surface area (Å²) in [5.74, 6) is -3.06. The van der Waals surface area contributed by atoms with Gasteiger partial charge in [0.25, 0.3) is 0 Å². The van der Waals surface area contributed by atoms with Crippen LogP contribution in [0.25, 0.3) is 5.65 Å². The van der Waals surface area contributed by atoms with Crippen molar-refractivity contribution in [3.05, 3.63) is 70.7 Å². The zero-order chi connectivity index (χ0) is 24.0. The Morgan fingerprint density at radius 3 is 2.24 bits per heavy atom. The van der Waals surface area contributed by atoms with E-state index in [1.165, 1.54) is 16.5 Å². The van der Waals surface area contributed by atoms with Crippen molar-refractivity contribution >= 4 is 5.65 Å². The molecule has 2 atom stereocenters. The van der Waals surface area contributed by atoms with Crippen molar-refractivity contribution < 1.29 is 32.2 Å². The van der Waals surface area contributed by atoms with E-state index in [0.717, 1.165) is 0 Å². The number of imidazole rings is 1. The standard InChI is InChI=1S/C24H25F5N2O2/c1-14-11-17(21(33)20(32)16-5-3-2-4-6-16)13-19-30-22(24(27,28)29)18(31(14)19)12-15-7-9-23(25,26)10-8-15/h2-6,11,13,15,20-21,32-33H,7-10,12H2,1H3. The molecule has 1 saturated carbocycles. The van der Waals surface area contributed by atoms with Crippen LogP contribution in [0.3, 0.4) is 0 Å². The van der Waals surface area contributed by atoms with Crippen LogP contribution < -0.4 is 0 Å². The number of nitrogens with zero attached hydrogens (tertiary/aromatic N) is 2. The highest BCUT2D eigenvalue weighted by atomic mass is 19.4. The van der Waals surface area contributed by atoms with Gasteiger partial charge in [0.2, 0.25) is 5.92 Å². The first kappa shape index (κ1) is 23.6. The van der Waals surface area contributed by atoms with Gasteiger partial charge in [-0.25, -0.2) is 13.8 Å². The van der Waals surface area contributed by atoms with Gasteiger partial charge in [-0.3, -0.25) is 0 Å². The number of hydrogen-bond donors (Lipinski definition) is 2. The molecule has 178 valence electrons. The molecule has 9 heteroatoms. The Hall–Kier alpha value is -2.52. The minimum Gasteiger partial charge on any atom is -0.385 e. The van der Waals surface area contributed by atoms with E-state index in [9.17, 15) is 32.2 Å². The molecular formula is C24H25F5N2O2. The van der Waals surface area contributed by atoms with Gasteiger partial charge in [0, 0.05) is 18.5 Å². The van der Waals surface area contributed by atoms with Gasteiger partial charge in [0.05, 0.1) is 5.69 Å². The maximum atomic E-state index is 13.8. The number of aromatic nitrogens is 2. The van der Waals surface area contributed by atoms with E-state index in [1.54, 1.807) is 37.3 Å². The molecule has 2 N–H and O–H groups in total. The van der Waals surface area contributed by atoms with E-state index in [-0.39, 0.29) is 54.9 Å². The molecular weight excluding hydrogens is 443 g/mol. The van der Waals surface area contributed by atoms with Crippen LogP contribution >= 0.6 is 0 Å². The normalized spacial score (nSPS) is 19.0. The van der Waals surface area contributed by atoms with Gasteiger partial charge < -0.3 is 14.6 Å². The number of pyridine rings is 1. The third kappa shape index (κ3) is 4.89. The summed E-state index contributed by atoms with van der Waals surface area (Å²) in [5.41, 5.74) is -0.00246. The Labute approximate surface area is 187 Å². The largest absolute Gasteiger partial charge is 0.435 e. The Kier molecular flexibility index (Phi) is 6.22. The fourth-order valence-corrected chi connectivity index (χ4v) is 4.64. The lowest BCUT2D eigenvalue weighted by molar-refractivity contribution is -0.141. The molecule has 33 heavy (non-hydrogen) atoms. The number of fused-ring (bicyclic) bond motifs is 1. The van der Waals surface area contributed by atoms with E-state index in [0.29, 0.717) is 11.3 Å². The molecule has 3 aromatic rings. The Bertz CT molecular complexity index is 1120. The van der Waals surface area contributed by atoms with Crippen molar-refractivity contribution in [2.45, 2.75) is 63.3 Å². The van der Waals surface area contributed by atoms with Gasteiger partial charge in [-0.15, -0.1) is 0 Å². The van der Waals surface area contributed by atoms with Crippen molar-refractivity contribution in [1.29, 1.82) is 0 Å². The number of aryl methyl sites for hydroxylation is 1. The summed E-state index contributed by atoms with van der Waals surface area (Å²) in [5, 5.41) is 21.2. The maximum Gasteiger partial charge on any atom is 0.435 e. The van der Waals surface area contributed by atoms with Crippen molar-refractivity contribution in [1.82, 2.24) is 9.38 Å². The van der Waals surface area contributed by atoms with E-state index in [4.69, 9.17) is 0 Å². The molecule has 4 rings (SSSR count). The summed E-state index contributed by atoms with van der Waals surface area (Å²) < 4.78 is 69.8. The highest BCUT2D eigenvalue weighted by molar-refractivity contribution is 5.50. The molecule has 0 spiro atoms. The second-order valence-electron chi connectivity index (χ2n) is 8.83. The van der Waals surface area contributed by atoms with Crippen molar-refractivity contribution in [3.63, 3.8) is 0 Å². The topological polar surface area (TPSA) is 57.8 Å². The van der Waals surface area contributed by atoms with Crippen LogP contribution in [-0.4, -0.2) is 25.5 Å². The summed E-state index contributed by atoms with van der Waals surface area (Å²) in [6, 6.07) is 11.3. The molecule has 0 bridgehead atoms. The Morgan fingerprint density at radius 2 is 1.64 bits per heavy atom. The molecule has 1 aromatic carbocycles. The van der Waals surface area contributed by atoms with E-state index < -0.39 is 30.0 Å². The predicted molar refractivity (Wildman–Crippen MR) is 112 cm³/mol. The molecule has 0 saturated heterocycles. The summed E-state index contributed by atoms with van der Waals surface area (Å²) >= 11 is 0. The minimum atomic E-state index is -4.71. The highest BCUT2D eigenvalue weighted by Gasteiger charge is 2.40. The highest BCUT2D eigenvalue weighted by Crippen LogP contribution is 2.40. The summed E-state index contributed by atoms with van der Waals surface area (Å²) in [4.78, 5) is 3.81. The van der Waals surface area contributed by atoms with Gasteiger partial charge in [0.15, 0.2) is 5.69 Å². The third-order valence-electron chi connectivity index (χ3n) is 6.39. The summed E-state index contributed by atoms with van der Waals surface area (Å²) in [7, 11) is 0. The van der Waals surface area contributed by atoms with Crippen LogP contribution in [0, 0.1) is 12.8 Å². The molecule has 0 aliphatic heterocycles.